The van der Waals surface area contributed by atoms with Crippen LogP contribution in [0.1, 0.15) is 23.2 Å². The summed E-state index contributed by atoms with van der Waals surface area (Å²) in [5, 5.41) is 0.615. The highest BCUT2D eigenvalue weighted by molar-refractivity contribution is 7.16. The second-order valence-electron chi connectivity index (χ2n) is 6.48. The van der Waals surface area contributed by atoms with E-state index in [-0.39, 0.29) is 24.7 Å². The summed E-state index contributed by atoms with van der Waals surface area (Å²) in [5.41, 5.74) is 1.76. The number of carbonyl (C=O) groups is 3. The smallest absolute Gasteiger partial charge is 0.279 e. The number of amides is 3. The van der Waals surface area contributed by atoms with Crippen LogP contribution in [-0.2, 0) is 16.1 Å². The van der Waals surface area contributed by atoms with Crippen molar-refractivity contribution in [2.45, 2.75) is 19.4 Å². The number of halogens is 1. The summed E-state index contributed by atoms with van der Waals surface area (Å²) in [6.07, 6.45) is 2.17. The molecule has 0 unspecified atom stereocenters. The molecular weight excluding hydrogens is 410 g/mol. The number of rotatable bonds is 4. The Morgan fingerprint density at radius 3 is 2.48 bits per heavy atom. The number of benzene rings is 2. The first-order valence-electron chi connectivity index (χ1n) is 8.92. The minimum absolute atomic E-state index is 0.216. The second-order valence-corrected chi connectivity index (χ2v) is 7.93. The van der Waals surface area contributed by atoms with Crippen molar-refractivity contribution in [1.82, 2.24) is 4.57 Å². The minimum Gasteiger partial charge on any atom is -0.312 e. The molecule has 1 aromatic heterocycles. The Morgan fingerprint density at radius 1 is 1.14 bits per heavy atom. The van der Waals surface area contributed by atoms with Crippen LogP contribution in [0.5, 0.6) is 0 Å². The van der Waals surface area contributed by atoms with Crippen LogP contribution in [0.4, 0.5) is 5.69 Å². The highest BCUT2D eigenvalue weighted by atomic mass is 35.5. The maximum atomic E-state index is 12.7. The summed E-state index contributed by atoms with van der Waals surface area (Å²) in [6, 6.07) is 11.8. The van der Waals surface area contributed by atoms with E-state index in [4.69, 9.17) is 11.6 Å². The Hall–Kier alpha value is -3.03. The predicted octanol–water partition coefficient (Wildman–Crippen LogP) is 3.94. The van der Waals surface area contributed by atoms with Crippen LogP contribution in [0, 0.1) is 0 Å². The number of fused-ring (bicyclic) bond motifs is 1. The molecule has 1 aliphatic heterocycles. The third-order valence-electron chi connectivity index (χ3n) is 4.58. The molecule has 1 aliphatic rings. The van der Waals surface area contributed by atoms with Gasteiger partial charge in [0.25, 0.3) is 5.91 Å². The molecule has 2 heterocycles. The fraction of sp³-hybridized carbons (Fsp3) is 0.143. The lowest BCUT2D eigenvalue weighted by molar-refractivity contribution is -0.121. The number of hydrogen-bond donors (Lipinski definition) is 0. The number of aromatic nitrogens is 1. The summed E-state index contributed by atoms with van der Waals surface area (Å²) in [5.74, 6) is -0.868. The van der Waals surface area contributed by atoms with Crippen LogP contribution in [0.25, 0.3) is 10.2 Å². The molecule has 0 saturated carbocycles. The molecule has 0 aliphatic carbocycles. The zero-order valence-electron chi connectivity index (χ0n) is 15.3. The molecule has 0 N–H and O–H groups in total. The molecule has 2 aromatic carbocycles. The van der Waals surface area contributed by atoms with Gasteiger partial charge >= 0.3 is 0 Å². The average molecular weight is 426 g/mol. The lowest BCUT2D eigenvalue weighted by Crippen LogP contribution is -2.28. The van der Waals surface area contributed by atoms with E-state index in [1.807, 2.05) is 16.7 Å². The quantitative estimate of drug-likeness (QED) is 0.469. The van der Waals surface area contributed by atoms with Gasteiger partial charge in [-0.25, -0.2) is 0 Å². The molecule has 8 heteroatoms. The normalized spacial score (nSPS) is 14.8. The summed E-state index contributed by atoms with van der Waals surface area (Å²) in [7, 11) is 0. The molecular formula is C21H16ClN3O3S. The molecule has 0 bridgehead atoms. The largest absolute Gasteiger partial charge is 0.312 e. The molecule has 6 nitrogen and oxygen atoms in total. The van der Waals surface area contributed by atoms with Crippen LogP contribution < -0.4 is 9.70 Å². The number of nitrogens with zero attached hydrogens (tertiary/aromatic N) is 3. The molecule has 1 fully saturated rings. The van der Waals surface area contributed by atoms with Crippen molar-refractivity contribution in [2.75, 3.05) is 4.90 Å². The summed E-state index contributed by atoms with van der Waals surface area (Å²) in [6.45, 7) is 4.28. The van der Waals surface area contributed by atoms with E-state index in [2.05, 4.69) is 11.6 Å². The van der Waals surface area contributed by atoms with Crippen LogP contribution >= 0.6 is 22.9 Å². The lowest BCUT2D eigenvalue weighted by Gasteiger charge is -2.13. The van der Waals surface area contributed by atoms with Gasteiger partial charge < -0.3 is 4.57 Å². The van der Waals surface area contributed by atoms with Crippen molar-refractivity contribution in [3.8, 4) is 0 Å². The van der Waals surface area contributed by atoms with Crippen LogP contribution in [0.3, 0.4) is 0 Å². The Balaban J connectivity index is 1.69. The molecule has 0 radical (unpaired) electrons. The number of hydrogen-bond acceptors (Lipinski definition) is 4. The average Bonchev–Trinajstić information content (AvgIpc) is 3.21. The maximum Gasteiger partial charge on any atom is 0.279 e. The lowest BCUT2D eigenvalue weighted by atomic mass is 10.2. The molecule has 3 aromatic rings. The van der Waals surface area contributed by atoms with Crippen LogP contribution in [-0.4, -0.2) is 22.3 Å². The number of carbonyl (C=O) groups excluding carboxylic acids is 3. The van der Waals surface area contributed by atoms with Crippen molar-refractivity contribution < 1.29 is 14.4 Å². The van der Waals surface area contributed by atoms with E-state index < -0.39 is 5.91 Å². The molecule has 146 valence electrons. The first-order valence-corrected chi connectivity index (χ1v) is 10.1. The standard InChI is InChI=1S/C21H16ClN3O3S/c1-2-11-24-16-8-5-14(22)12-17(16)29-21(24)23-20(28)13-3-6-15(7-4-13)25-18(26)9-10-19(25)27/h2-8,12H,1,9-11H2. The first kappa shape index (κ1) is 19.3. The topological polar surface area (TPSA) is 71.7 Å². The van der Waals surface area contributed by atoms with Crippen LogP contribution in [0.15, 0.2) is 60.1 Å². The number of allylic oxidation sites excluding steroid dienone is 1. The highest BCUT2D eigenvalue weighted by Crippen LogP contribution is 2.24. The molecule has 0 atom stereocenters. The molecule has 4 rings (SSSR count). The Labute approximate surface area is 175 Å². The Kier molecular flexibility index (Phi) is 5.17. The third kappa shape index (κ3) is 3.66. The van der Waals surface area contributed by atoms with E-state index in [1.165, 1.54) is 11.3 Å². The van der Waals surface area contributed by atoms with E-state index >= 15 is 0 Å². The van der Waals surface area contributed by atoms with Crippen LogP contribution in [0.2, 0.25) is 5.02 Å². The SMILES string of the molecule is C=CCn1c(=NC(=O)c2ccc(N3C(=O)CCC3=O)cc2)sc2cc(Cl)ccc21. The van der Waals surface area contributed by atoms with Gasteiger partial charge in [-0.1, -0.05) is 29.0 Å². The Bertz CT molecular complexity index is 1210. The highest BCUT2D eigenvalue weighted by Gasteiger charge is 2.30. The van der Waals surface area contributed by atoms with E-state index in [1.54, 1.807) is 36.4 Å². The van der Waals surface area contributed by atoms with Crippen molar-refractivity contribution in [1.29, 1.82) is 0 Å². The third-order valence-corrected chi connectivity index (χ3v) is 5.85. The molecule has 3 amide bonds. The zero-order valence-corrected chi connectivity index (χ0v) is 16.9. The number of thiazole rings is 1. The van der Waals surface area contributed by atoms with Gasteiger partial charge in [-0.15, -0.1) is 6.58 Å². The van der Waals surface area contributed by atoms with Gasteiger partial charge in [0.1, 0.15) is 0 Å². The van der Waals surface area contributed by atoms with Gasteiger partial charge in [0.15, 0.2) is 4.80 Å². The monoisotopic (exact) mass is 425 g/mol. The Morgan fingerprint density at radius 2 is 1.83 bits per heavy atom. The van der Waals surface area contributed by atoms with Gasteiger partial charge in [-0.2, -0.15) is 4.99 Å². The van der Waals surface area contributed by atoms with E-state index in [0.29, 0.717) is 27.6 Å². The fourth-order valence-corrected chi connectivity index (χ4v) is 4.52. The zero-order chi connectivity index (χ0) is 20.5. The summed E-state index contributed by atoms with van der Waals surface area (Å²) in [4.78, 5) is 42.4. The van der Waals surface area contributed by atoms with Gasteiger partial charge in [-0.05, 0) is 42.5 Å². The predicted molar refractivity (Wildman–Crippen MR) is 113 cm³/mol. The fourth-order valence-electron chi connectivity index (χ4n) is 3.21. The van der Waals surface area contributed by atoms with Gasteiger partial charge in [0.05, 0.1) is 15.9 Å². The van der Waals surface area contributed by atoms with Crippen molar-refractivity contribution >= 4 is 56.6 Å². The number of imide groups is 1. The van der Waals surface area contributed by atoms with E-state index in [9.17, 15) is 14.4 Å². The molecule has 29 heavy (non-hydrogen) atoms. The summed E-state index contributed by atoms with van der Waals surface area (Å²) >= 11 is 7.45. The second kappa shape index (κ2) is 7.77. The molecule has 1 saturated heterocycles. The van der Waals surface area contributed by atoms with Gasteiger partial charge in [0, 0.05) is 30.0 Å². The number of anilines is 1. The first-order chi connectivity index (χ1) is 14.0. The van der Waals surface area contributed by atoms with E-state index in [0.717, 1.165) is 15.1 Å². The summed E-state index contributed by atoms with van der Waals surface area (Å²) < 4.78 is 2.82. The molecule has 0 spiro atoms. The van der Waals surface area contributed by atoms with Crippen molar-refractivity contribution in [2.24, 2.45) is 4.99 Å². The van der Waals surface area contributed by atoms with Gasteiger partial charge in [0.2, 0.25) is 11.8 Å². The minimum atomic E-state index is -0.411. The maximum absolute atomic E-state index is 12.7. The van der Waals surface area contributed by atoms with Gasteiger partial charge in [-0.3, -0.25) is 19.3 Å². The van der Waals surface area contributed by atoms with Crippen molar-refractivity contribution in [3.05, 3.63) is 70.5 Å². The van der Waals surface area contributed by atoms with Crippen molar-refractivity contribution in [3.63, 3.8) is 0 Å².